The van der Waals surface area contributed by atoms with Gasteiger partial charge in [-0.2, -0.15) is 13.2 Å². The van der Waals surface area contributed by atoms with Crippen molar-refractivity contribution in [3.63, 3.8) is 0 Å². The number of imidazole rings is 1. The second-order valence-electron chi connectivity index (χ2n) is 7.65. The van der Waals surface area contributed by atoms with E-state index in [1.165, 1.54) is 24.0 Å². The molecule has 8 nitrogen and oxygen atoms in total. The van der Waals surface area contributed by atoms with E-state index >= 15 is 0 Å². The molecule has 0 radical (unpaired) electrons. The Hall–Kier alpha value is -3.86. The highest BCUT2D eigenvalue weighted by Crippen LogP contribution is 2.34. The largest absolute Gasteiger partial charge is 0.477 e. The van der Waals surface area contributed by atoms with E-state index in [-0.39, 0.29) is 11.1 Å². The number of aromatic nitrogens is 2. The Bertz CT molecular complexity index is 1300. The van der Waals surface area contributed by atoms with Gasteiger partial charge in [-0.15, -0.1) is 0 Å². The molecule has 11 heteroatoms. The summed E-state index contributed by atoms with van der Waals surface area (Å²) in [7, 11) is 1.80. The number of carbonyl (C=O) groups is 2. The van der Waals surface area contributed by atoms with E-state index in [4.69, 9.17) is 0 Å². The number of hydrogen-bond acceptors (Lipinski definition) is 5. The van der Waals surface area contributed by atoms with Crippen molar-refractivity contribution >= 4 is 28.6 Å². The van der Waals surface area contributed by atoms with Crippen LogP contribution in [0.5, 0.6) is 0 Å². The van der Waals surface area contributed by atoms with E-state index in [1.807, 2.05) is 0 Å². The zero-order chi connectivity index (χ0) is 24.1. The van der Waals surface area contributed by atoms with Crippen LogP contribution in [-0.4, -0.2) is 42.9 Å². The third kappa shape index (κ3) is 3.91. The van der Waals surface area contributed by atoms with Gasteiger partial charge in [-0.05, 0) is 42.3 Å². The van der Waals surface area contributed by atoms with Crippen molar-refractivity contribution in [3.05, 3.63) is 71.2 Å². The number of amides is 1. The van der Waals surface area contributed by atoms with Crippen molar-refractivity contribution in [3.8, 4) is 0 Å². The van der Waals surface area contributed by atoms with Crippen LogP contribution in [0.4, 0.5) is 18.9 Å². The monoisotopic (exact) mass is 460 g/mol. The number of halogens is 3. The maximum Gasteiger partial charge on any atom is 0.416 e. The van der Waals surface area contributed by atoms with Gasteiger partial charge in [0, 0.05) is 18.9 Å². The summed E-state index contributed by atoms with van der Waals surface area (Å²) in [6.45, 7) is 0.836. The molecule has 0 saturated heterocycles. The van der Waals surface area contributed by atoms with E-state index < -0.39 is 42.1 Å². The zero-order valence-corrected chi connectivity index (χ0v) is 17.5. The maximum absolute atomic E-state index is 13.3. The lowest BCUT2D eigenvalue weighted by Crippen LogP contribution is -2.54. The molecule has 2 aromatic carbocycles. The van der Waals surface area contributed by atoms with E-state index in [0.29, 0.717) is 11.2 Å². The Morgan fingerprint density at radius 3 is 2.61 bits per heavy atom. The SMILES string of the molecule is Cc1c(CN2C(=O)C(C(=O)O)=CN(c3ccc4c(c3)ncn4C)C2O)cccc1C(F)(F)F. The molecular weight excluding hydrogens is 441 g/mol. The molecule has 1 atom stereocenters. The van der Waals surface area contributed by atoms with Gasteiger partial charge in [0.2, 0.25) is 6.35 Å². The highest BCUT2D eigenvalue weighted by molar-refractivity contribution is 6.16. The fourth-order valence-corrected chi connectivity index (χ4v) is 3.81. The number of carboxylic acid groups (broad SMARTS) is 1. The Balaban J connectivity index is 1.76. The normalized spacial score (nSPS) is 17.0. The van der Waals surface area contributed by atoms with Gasteiger partial charge in [-0.25, -0.2) is 9.78 Å². The number of aliphatic hydroxyl groups excluding tert-OH is 1. The Labute approximate surface area is 185 Å². The minimum atomic E-state index is -4.60. The average Bonchev–Trinajstić information content (AvgIpc) is 3.11. The molecule has 1 aliphatic rings. The summed E-state index contributed by atoms with van der Waals surface area (Å²) >= 11 is 0. The van der Waals surface area contributed by atoms with Crippen LogP contribution in [0.25, 0.3) is 11.0 Å². The van der Waals surface area contributed by atoms with Crippen molar-refractivity contribution in [2.75, 3.05) is 4.90 Å². The van der Waals surface area contributed by atoms with Crippen molar-refractivity contribution < 1.29 is 33.0 Å². The van der Waals surface area contributed by atoms with Gasteiger partial charge >= 0.3 is 12.1 Å². The first kappa shape index (κ1) is 22.3. The van der Waals surface area contributed by atoms with Crippen LogP contribution >= 0.6 is 0 Å². The summed E-state index contributed by atoms with van der Waals surface area (Å²) in [6.07, 6.45) is -3.66. The number of rotatable bonds is 4. The summed E-state index contributed by atoms with van der Waals surface area (Å²) in [5.74, 6) is -2.54. The number of alkyl halides is 3. The van der Waals surface area contributed by atoms with Crippen molar-refractivity contribution in [2.45, 2.75) is 26.0 Å². The summed E-state index contributed by atoms with van der Waals surface area (Å²) in [5.41, 5.74) is 0.230. The number of aryl methyl sites for hydroxylation is 1. The number of hydrogen-bond donors (Lipinski definition) is 2. The Kier molecular flexibility index (Phi) is 5.36. The number of carboxylic acids is 1. The lowest BCUT2D eigenvalue weighted by Gasteiger charge is -2.39. The van der Waals surface area contributed by atoms with E-state index in [9.17, 15) is 33.0 Å². The minimum absolute atomic E-state index is 0.113. The number of anilines is 1. The van der Waals surface area contributed by atoms with Gasteiger partial charge in [0.25, 0.3) is 5.91 Å². The quantitative estimate of drug-likeness (QED) is 0.581. The number of fused-ring (bicyclic) bond motifs is 1. The predicted octanol–water partition coefficient (Wildman–Crippen LogP) is 2.99. The van der Waals surface area contributed by atoms with Crippen molar-refractivity contribution in [1.29, 1.82) is 0 Å². The molecule has 0 saturated carbocycles. The molecule has 1 aliphatic heterocycles. The number of nitrogens with zero attached hydrogens (tertiary/aromatic N) is 4. The Morgan fingerprint density at radius 1 is 1.21 bits per heavy atom. The van der Waals surface area contributed by atoms with Crippen molar-refractivity contribution in [2.24, 2.45) is 7.05 Å². The number of aliphatic carboxylic acids is 1. The third-order valence-corrected chi connectivity index (χ3v) is 5.62. The highest BCUT2D eigenvalue weighted by atomic mass is 19.4. The first-order chi connectivity index (χ1) is 15.5. The smallest absolute Gasteiger partial charge is 0.416 e. The van der Waals surface area contributed by atoms with Crippen LogP contribution in [0, 0.1) is 6.92 Å². The molecule has 2 N–H and O–H groups in total. The van der Waals surface area contributed by atoms with Crippen LogP contribution in [-0.2, 0) is 29.4 Å². The van der Waals surface area contributed by atoms with Crippen LogP contribution < -0.4 is 4.90 Å². The number of benzene rings is 2. The maximum atomic E-state index is 13.3. The Morgan fingerprint density at radius 2 is 1.94 bits per heavy atom. The molecule has 172 valence electrons. The summed E-state index contributed by atoms with van der Waals surface area (Å²) in [4.78, 5) is 30.8. The van der Waals surface area contributed by atoms with Gasteiger partial charge in [0.05, 0.1) is 29.5 Å². The molecule has 0 fully saturated rings. The third-order valence-electron chi connectivity index (χ3n) is 5.62. The molecule has 1 aromatic heterocycles. The molecule has 3 aromatic rings. The first-order valence-corrected chi connectivity index (χ1v) is 9.78. The highest BCUT2D eigenvalue weighted by Gasteiger charge is 2.38. The predicted molar refractivity (Wildman–Crippen MR) is 112 cm³/mol. The summed E-state index contributed by atoms with van der Waals surface area (Å²) in [6, 6.07) is 8.46. The molecule has 33 heavy (non-hydrogen) atoms. The fraction of sp³-hybridized carbons (Fsp3) is 0.227. The van der Waals surface area contributed by atoms with Gasteiger partial charge in [0.1, 0.15) is 5.57 Å². The van der Waals surface area contributed by atoms with Gasteiger partial charge in [-0.3, -0.25) is 9.69 Å². The van der Waals surface area contributed by atoms with Crippen LogP contribution in [0.1, 0.15) is 16.7 Å². The minimum Gasteiger partial charge on any atom is -0.477 e. The van der Waals surface area contributed by atoms with Crippen LogP contribution in [0.2, 0.25) is 0 Å². The van der Waals surface area contributed by atoms with E-state index in [0.717, 1.165) is 22.7 Å². The van der Waals surface area contributed by atoms with Gasteiger partial charge in [0.15, 0.2) is 0 Å². The second-order valence-corrected chi connectivity index (χ2v) is 7.65. The molecule has 2 heterocycles. The molecular formula is C22H19F3N4O4. The molecule has 1 unspecified atom stereocenters. The average molecular weight is 460 g/mol. The molecule has 1 amide bonds. The number of carbonyl (C=O) groups excluding carboxylic acids is 1. The molecule has 4 rings (SSSR count). The molecule has 0 spiro atoms. The fourth-order valence-electron chi connectivity index (χ4n) is 3.81. The topological polar surface area (TPSA) is 98.9 Å². The van der Waals surface area contributed by atoms with E-state index in [2.05, 4.69) is 4.98 Å². The van der Waals surface area contributed by atoms with E-state index in [1.54, 1.807) is 36.1 Å². The lowest BCUT2D eigenvalue weighted by molar-refractivity contribution is -0.144. The van der Waals surface area contributed by atoms with Crippen LogP contribution in [0.3, 0.4) is 0 Å². The zero-order valence-electron chi connectivity index (χ0n) is 17.5. The standard InChI is InChI=1S/C22H19F3N4O4/c1-12-13(4-3-5-16(12)22(23,24)25)9-29-19(30)15(20(31)32)10-28(21(29)33)14-6-7-18-17(8-14)26-11-27(18)2/h3-8,10-11,21,33H,9H2,1-2H3,(H,31,32). The summed E-state index contributed by atoms with van der Waals surface area (Å²) < 4.78 is 41.7. The molecule has 0 bridgehead atoms. The lowest BCUT2D eigenvalue weighted by atomic mass is 10.0. The van der Waals surface area contributed by atoms with Crippen LogP contribution in [0.15, 0.2) is 54.5 Å². The van der Waals surface area contributed by atoms with Gasteiger partial charge < -0.3 is 19.7 Å². The number of aliphatic hydroxyl groups is 1. The first-order valence-electron chi connectivity index (χ1n) is 9.78. The van der Waals surface area contributed by atoms with Crippen molar-refractivity contribution in [1.82, 2.24) is 14.5 Å². The summed E-state index contributed by atoms with van der Waals surface area (Å²) in [5, 5.41) is 20.5. The molecule has 0 aliphatic carbocycles. The second kappa shape index (κ2) is 7.93. The van der Waals surface area contributed by atoms with Gasteiger partial charge in [-0.1, -0.05) is 12.1 Å².